The molecule has 0 aromatic heterocycles. The topological polar surface area (TPSA) is 114 Å². The summed E-state index contributed by atoms with van der Waals surface area (Å²) in [6, 6.07) is 8.01. The number of hydrogen-bond donors (Lipinski definition) is 3. The normalized spacial score (nSPS) is 39.8. The SMILES string of the molecule is CC[C@H]1C(O)C2C(CC[C@@]3(C)C2CC[C@@H]3[C@H](C)CCO[P@@](=O)(N[C@@H](C)C(=O)OC(C)C)Oc2ccccc2)[C@@]2(C)CC[C@@H](O)CC12. The summed E-state index contributed by atoms with van der Waals surface area (Å²) >= 11 is 0. The summed E-state index contributed by atoms with van der Waals surface area (Å²) in [6.07, 6.45) is 8.20. The number of esters is 1. The Hall–Kier alpha value is -1.44. The van der Waals surface area contributed by atoms with Gasteiger partial charge in [-0.3, -0.25) is 9.32 Å². The third-order valence-electron chi connectivity index (χ3n) is 13.0. The van der Waals surface area contributed by atoms with Crippen LogP contribution in [-0.2, 0) is 18.6 Å². The van der Waals surface area contributed by atoms with E-state index < -0.39 is 19.8 Å². The number of carbonyl (C=O) groups is 1. The number of aliphatic hydroxyl groups excluding tert-OH is 2. The molecule has 0 amide bonds. The summed E-state index contributed by atoms with van der Waals surface area (Å²) in [6.45, 7) is 14.9. The van der Waals surface area contributed by atoms with Gasteiger partial charge in [0, 0.05) is 0 Å². The van der Waals surface area contributed by atoms with Crippen molar-refractivity contribution in [2.24, 2.45) is 52.3 Å². The molecule has 3 N–H and O–H groups in total. The lowest BCUT2D eigenvalue weighted by Crippen LogP contribution is -2.62. The Labute approximate surface area is 277 Å². The lowest BCUT2D eigenvalue weighted by atomic mass is 9.41. The second-order valence-corrected chi connectivity index (χ2v) is 17.7. The van der Waals surface area contributed by atoms with Gasteiger partial charge in [-0.05, 0) is 137 Å². The number of ether oxygens (including phenoxy) is 1. The van der Waals surface area contributed by atoms with E-state index in [4.69, 9.17) is 13.8 Å². The van der Waals surface area contributed by atoms with Crippen LogP contribution in [0.15, 0.2) is 30.3 Å². The van der Waals surface area contributed by atoms with E-state index in [0.717, 1.165) is 51.4 Å². The van der Waals surface area contributed by atoms with Crippen molar-refractivity contribution in [3.05, 3.63) is 30.3 Å². The molecule has 0 bridgehead atoms. The zero-order chi connectivity index (χ0) is 33.4. The van der Waals surface area contributed by atoms with E-state index in [2.05, 4.69) is 32.8 Å². The average molecular weight is 662 g/mol. The van der Waals surface area contributed by atoms with Crippen LogP contribution in [0.2, 0.25) is 0 Å². The van der Waals surface area contributed by atoms with Gasteiger partial charge in [0.1, 0.15) is 11.8 Å². The van der Waals surface area contributed by atoms with Crippen LogP contribution in [0.25, 0.3) is 0 Å². The second-order valence-electron chi connectivity index (χ2n) is 16.0. The van der Waals surface area contributed by atoms with Gasteiger partial charge in [0.25, 0.3) is 0 Å². The third kappa shape index (κ3) is 6.99. The van der Waals surface area contributed by atoms with Crippen molar-refractivity contribution >= 4 is 13.7 Å². The maximum Gasteiger partial charge on any atom is 0.459 e. The van der Waals surface area contributed by atoms with Crippen LogP contribution in [0.1, 0.15) is 106 Å². The molecule has 4 fully saturated rings. The molecule has 0 radical (unpaired) electrons. The number of fused-ring (bicyclic) bond motifs is 5. The van der Waals surface area contributed by atoms with Crippen molar-refractivity contribution in [3.8, 4) is 5.75 Å². The lowest BCUT2D eigenvalue weighted by molar-refractivity contribution is -0.203. The van der Waals surface area contributed by atoms with Gasteiger partial charge >= 0.3 is 13.7 Å². The Bertz CT molecular complexity index is 1230. The molecule has 46 heavy (non-hydrogen) atoms. The zero-order valence-electron chi connectivity index (χ0n) is 29.2. The van der Waals surface area contributed by atoms with Crippen molar-refractivity contribution in [1.82, 2.24) is 5.09 Å². The van der Waals surface area contributed by atoms with Gasteiger partial charge in [0.05, 0.1) is 24.9 Å². The third-order valence-corrected chi connectivity index (χ3v) is 14.7. The molecule has 260 valence electrons. The molecule has 1 aromatic carbocycles. The van der Waals surface area contributed by atoms with Crippen molar-refractivity contribution < 1.29 is 33.4 Å². The van der Waals surface area contributed by atoms with Crippen LogP contribution in [0.3, 0.4) is 0 Å². The molecule has 0 saturated heterocycles. The molecule has 0 aliphatic heterocycles. The molecule has 5 rings (SSSR count). The molecule has 4 aliphatic rings. The van der Waals surface area contributed by atoms with Gasteiger partial charge in [-0.25, -0.2) is 4.57 Å². The Morgan fingerprint density at radius 1 is 0.978 bits per heavy atom. The number of rotatable bonds is 12. The van der Waals surface area contributed by atoms with Crippen LogP contribution in [0.4, 0.5) is 0 Å². The minimum Gasteiger partial charge on any atom is -0.462 e. The fraction of sp³-hybridized carbons (Fsp3) is 0.811. The lowest BCUT2D eigenvalue weighted by Gasteiger charge is -2.64. The molecule has 0 spiro atoms. The Morgan fingerprint density at radius 2 is 1.65 bits per heavy atom. The summed E-state index contributed by atoms with van der Waals surface area (Å²) in [7, 11) is -3.89. The van der Waals surface area contributed by atoms with E-state index in [1.807, 2.05) is 6.07 Å². The smallest absolute Gasteiger partial charge is 0.459 e. The van der Waals surface area contributed by atoms with Gasteiger partial charge in [-0.2, -0.15) is 5.09 Å². The van der Waals surface area contributed by atoms with E-state index in [-0.39, 0.29) is 41.7 Å². The summed E-state index contributed by atoms with van der Waals surface area (Å²) in [4.78, 5) is 12.5. The molecule has 9 heteroatoms. The van der Waals surface area contributed by atoms with Gasteiger partial charge in [-0.15, -0.1) is 0 Å². The fourth-order valence-corrected chi connectivity index (χ4v) is 12.3. The number of nitrogens with one attached hydrogen (secondary N) is 1. The van der Waals surface area contributed by atoms with Crippen molar-refractivity contribution in [2.75, 3.05) is 6.61 Å². The number of carbonyl (C=O) groups excluding carboxylic acids is 1. The molecule has 4 saturated carbocycles. The van der Waals surface area contributed by atoms with Crippen LogP contribution in [0, 0.1) is 52.3 Å². The summed E-state index contributed by atoms with van der Waals surface area (Å²) in [5.41, 5.74) is 0.323. The molecular weight excluding hydrogens is 601 g/mol. The summed E-state index contributed by atoms with van der Waals surface area (Å²) in [5, 5.41) is 25.4. The molecule has 8 nitrogen and oxygen atoms in total. The highest BCUT2D eigenvalue weighted by Gasteiger charge is 2.64. The number of hydrogen-bond acceptors (Lipinski definition) is 7. The van der Waals surface area contributed by atoms with Crippen LogP contribution < -0.4 is 9.61 Å². The minimum atomic E-state index is -3.89. The van der Waals surface area contributed by atoms with Crippen molar-refractivity contribution in [1.29, 1.82) is 0 Å². The first-order chi connectivity index (χ1) is 21.7. The van der Waals surface area contributed by atoms with Crippen LogP contribution in [0.5, 0.6) is 5.75 Å². The maximum absolute atomic E-state index is 14.0. The molecule has 4 aliphatic carbocycles. The van der Waals surface area contributed by atoms with Gasteiger partial charge < -0.3 is 19.5 Å². The molecule has 5 unspecified atom stereocenters. The zero-order valence-corrected chi connectivity index (χ0v) is 30.1. The van der Waals surface area contributed by atoms with Gasteiger partial charge in [0.15, 0.2) is 0 Å². The second kappa shape index (κ2) is 14.2. The van der Waals surface area contributed by atoms with Gasteiger partial charge in [-0.1, -0.05) is 52.3 Å². The Balaban J connectivity index is 1.26. The number of para-hydroxylation sites is 1. The monoisotopic (exact) mass is 661 g/mol. The minimum absolute atomic E-state index is 0.134. The van der Waals surface area contributed by atoms with Crippen molar-refractivity contribution in [3.63, 3.8) is 0 Å². The van der Waals surface area contributed by atoms with Crippen LogP contribution >= 0.6 is 7.75 Å². The summed E-state index contributed by atoms with van der Waals surface area (Å²) < 4.78 is 31.2. The largest absolute Gasteiger partial charge is 0.462 e. The first kappa shape index (κ1) is 35.9. The first-order valence-electron chi connectivity index (χ1n) is 18.1. The van der Waals surface area contributed by atoms with E-state index >= 15 is 0 Å². The van der Waals surface area contributed by atoms with E-state index in [0.29, 0.717) is 47.7 Å². The highest BCUT2D eigenvalue weighted by Crippen LogP contribution is 2.69. The fourth-order valence-electron chi connectivity index (χ4n) is 10.8. The summed E-state index contributed by atoms with van der Waals surface area (Å²) in [5.74, 6) is 2.65. The molecule has 13 atom stereocenters. The number of benzene rings is 1. The molecule has 0 heterocycles. The van der Waals surface area contributed by atoms with Gasteiger partial charge in [0.2, 0.25) is 0 Å². The Morgan fingerprint density at radius 3 is 2.33 bits per heavy atom. The predicted octanol–water partition coefficient (Wildman–Crippen LogP) is 7.77. The predicted molar refractivity (Wildman–Crippen MR) is 180 cm³/mol. The standard InChI is InChI=1S/C37H60NO7P/c1-8-28-32-22-26(39)16-19-37(32,7)31-17-20-36(6)29(14-15-30(36)33(31)34(28)40)24(4)18-21-43-46(42,45-27-12-10-9-11-13-27)38-25(5)35(41)44-23(2)3/h9-13,23-26,28-34,39-40H,8,14-22H2,1-7H3,(H,38,42)/t24-,25+,26-,28-,29-,30?,31?,32?,33?,34?,36-,37-,46+/m1/s1. The molecular formula is C37H60NO7P. The highest BCUT2D eigenvalue weighted by atomic mass is 31.2. The number of aliphatic hydroxyl groups is 2. The average Bonchev–Trinajstić information content (AvgIpc) is 3.35. The highest BCUT2D eigenvalue weighted by molar-refractivity contribution is 7.52. The quantitative estimate of drug-likeness (QED) is 0.154. The van der Waals surface area contributed by atoms with Crippen molar-refractivity contribution in [2.45, 2.75) is 131 Å². The Kier molecular flexibility index (Phi) is 11.1. The van der Waals surface area contributed by atoms with E-state index in [1.165, 1.54) is 0 Å². The van der Waals surface area contributed by atoms with Crippen LogP contribution in [-0.4, -0.2) is 47.1 Å². The molecule has 1 aromatic rings. The maximum atomic E-state index is 14.0. The van der Waals surface area contributed by atoms with E-state index in [1.54, 1.807) is 45.0 Å². The van der Waals surface area contributed by atoms with E-state index in [9.17, 15) is 19.6 Å². The first-order valence-corrected chi connectivity index (χ1v) is 19.6.